The molecule has 2 aliphatic heterocycles. The van der Waals surface area contributed by atoms with Crippen LogP contribution in [0, 0.1) is 6.92 Å². The molecule has 0 spiro atoms. The fraction of sp³-hybridized carbons (Fsp3) is 0.450. The topological polar surface area (TPSA) is 178 Å². The van der Waals surface area contributed by atoms with Gasteiger partial charge in [-0.3, -0.25) is 18.4 Å². The van der Waals surface area contributed by atoms with Gasteiger partial charge in [-0.15, -0.1) is 0 Å². The third-order valence-corrected chi connectivity index (χ3v) is 9.72. The Morgan fingerprint density at radius 1 is 1.27 bits per heavy atom. The van der Waals surface area contributed by atoms with Crippen molar-refractivity contribution in [2.75, 3.05) is 13.2 Å². The van der Waals surface area contributed by atoms with Crippen LogP contribution < -0.4 is 5.56 Å². The maximum Gasteiger partial charge on any atom is 0.387 e. The van der Waals surface area contributed by atoms with Crippen molar-refractivity contribution in [3.8, 4) is 0 Å². The molecule has 2 aliphatic rings. The molecular formula is C20H21ClFN7O8P2S2. The fourth-order valence-corrected chi connectivity index (χ4v) is 7.19. The van der Waals surface area contributed by atoms with Gasteiger partial charge in [-0.1, -0.05) is 23.8 Å². The third kappa shape index (κ3) is 5.88. The summed E-state index contributed by atoms with van der Waals surface area (Å²) in [5.74, 6) is 0.512. The molecule has 6 heterocycles. The fourth-order valence-electron chi connectivity index (χ4n) is 4.54. The number of thiol groups is 1. The normalized spacial score (nSPS) is 31.6. The van der Waals surface area contributed by atoms with E-state index in [1.54, 1.807) is 17.6 Å². The van der Waals surface area contributed by atoms with Gasteiger partial charge < -0.3 is 28.2 Å². The maximum absolute atomic E-state index is 15.9. The molecule has 2 unspecified atom stereocenters. The SMILES string of the molecule is Cc1nc2c(ncn2[C@@H]2O[C@@H]3COP(O)(=S)OCCn4c(nc5cc(Cl)cnc54)COP(=O)(S)O[C@@H]2[C@@H]3F)c(=O)[nH]1. The number of aromatic nitrogens is 7. The van der Waals surface area contributed by atoms with Gasteiger partial charge in [0.15, 0.2) is 29.2 Å². The van der Waals surface area contributed by atoms with Crippen LogP contribution in [-0.2, 0) is 52.4 Å². The van der Waals surface area contributed by atoms with Gasteiger partial charge in [0.25, 0.3) is 5.56 Å². The lowest BCUT2D eigenvalue weighted by Gasteiger charge is -2.24. The van der Waals surface area contributed by atoms with Gasteiger partial charge in [-0.25, -0.2) is 28.9 Å². The minimum absolute atomic E-state index is 0.0348. The molecule has 4 aromatic rings. The molecule has 0 saturated carbocycles. The molecule has 0 amide bonds. The van der Waals surface area contributed by atoms with Gasteiger partial charge in [-0.05, 0) is 24.8 Å². The van der Waals surface area contributed by atoms with Gasteiger partial charge in [0.1, 0.15) is 36.0 Å². The number of halogens is 2. The average molecular weight is 668 g/mol. The molecule has 6 rings (SSSR count). The summed E-state index contributed by atoms with van der Waals surface area (Å²) in [5.41, 5.74) is 0.329. The Morgan fingerprint density at radius 3 is 2.88 bits per heavy atom. The lowest BCUT2D eigenvalue weighted by atomic mass is 10.1. The van der Waals surface area contributed by atoms with E-state index in [0.29, 0.717) is 16.2 Å². The van der Waals surface area contributed by atoms with Crippen LogP contribution in [0.1, 0.15) is 17.9 Å². The summed E-state index contributed by atoms with van der Waals surface area (Å²) in [6.07, 6.45) is -3.66. The zero-order valence-electron chi connectivity index (χ0n) is 20.9. The Kier molecular flexibility index (Phi) is 7.87. The van der Waals surface area contributed by atoms with Crippen molar-refractivity contribution in [3.05, 3.63) is 45.6 Å². The molecule has 41 heavy (non-hydrogen) atoms. The zero-order chi connectivity index (χ0) is 29.1. The van der Waals surface area contributed by atoms with Crippen molar-refractivity contribution in [1.29, 1.82) is 0 Å². The molecule has 15 nitrogen and oxygen atoms in total. The van der Waals surface area contributed by atoms with E-state index >= 15 is 4.39 Å². The number of nitrogens with zero attached hydrogens (tertiary/aromatic N) is 6. The minimum Gasteiger partial charge on any atom is -0.346 e. The van der Waals surface area contributed by atoms with E-state index in [0.717, 1.165) is 0 Å². The molecule has 0 aromatic carbocycles. The zero-order valence-corrected chi connectivity index (χ0v) is 25.1. The lowest BCUT2D eigenvalue weighted by molar-refractivity contribution is -0.0453. The molecule has 1 saturated heterocycles. The molecule has 220 valence electrons. The highest BCUT2D eigenvalue weighted by Gasteiger charge is 2.51. The quantitative estimate of drug-likeness (QED) is 0.200. The van der Waals surface area contributed by atoms with Gasteiger partial charge >= 0.3 is 13.5 Å². The van der Waals surface area contributed by atoms with Crippen LogP contribution in [0.5, 0.6) is 0 Å². The molecular weight excluding hydrogens is 647 g/mol. The standard InChI is InChI=1S/C20H21ClFN7O8P2S2/c1-9-25-18-15(19(30)26-9)24-8-29(18)20-16-14(22)12(36-20)6-34-38(31,40)33-3-2-28-13(7-35-39(32,41)37-16)27-11-4-10(21)5-23-17(11)28/h4-5,8,12,14,16,20H,2-3,6-7H2,1H3,(H,31,40)(H,32,41)(H,25,26,30)/t12-,14-,16-,20-,38?,39?/m1/s1. The highest BCUT2D eigenvalue weighted by Crippen LogP contribution is 2.57. The Bertz CT molecular complexity index is 1810. The number of rotatable bonds is 1. The van der Waals surface area contributed by atoms with E-state index in [1.165, 1.54) is 17.1 Å². The summed E-state index contributed by atoms with van der Waals surface area (Å²) in [6, 6.07) is 1.57. The van der Waals surface area contributed by atoms with Crippen molar-refractivity contribution < 1.29 is 36.7 Å². The van der Waals surface area contributed by atoms with Gasteiger partial charge in [0.2, 0.25) is 0 Å². The summed E-state index contributed by atoms with van der Waals surface area (Å²) in [5, 5.41) is 0.338. The van der Waals surface area contributed by atoms with E-state index in [-0.39, 0.29) is 42.6 Å². The smallest absolute Gasteiger partial charge is 0.346 e. The number of H-pyrrole nitrogens is 1. The first-order chi connectivity index (χ1) is 19.4. The molecule has 1 fully saturated rings. The number of imidazole rings is 2. The van der Waals surface area contributed by atoms with E-state index in [2.05, 4.69) is 37.2 Å². The highest BCUT2D eigenvalue weighted by atomic mass is 35.5. The number of alkyl halides is 1. The number of hydrogen-bond acceptors (Lipinski definition) is 12. The Balaban J connectivity index is 1.38. The number of aryl methyl sites for hydroxylation is 1. The first-order valence-corrected chi connectivity index (χ1v) is 17.6. The predicted octanol–water partition coefficient (Wildman–Crippen LogP) is 2.97. The van der Waals surface area contributed by atoms with Crippen LogP contribution in [0.4, 0.5) is 4.39 Å². The second-order valence-electron chi connectivity index (χ2n) is 9.07. The predicted molar refractivity (Wildman–Crippen MR) is 149 cm³/mol. The second-order valence-corrected chi connectivity index (χ2v) is 15.2. The number of nitrogens with one attached hydrogen (secondary N) is 1. The number of aromatic amines is 1. The van der Waals surface area contributed by atoms with Crippen LogP contribution in [0.2, 0.25) is 5.02 Å². The first kappa shape index (κ1) is 29.3. The van der Waals surface area contributed by atoms with Gasteiger partial charge in [0.05, 0.1) is 24.6 Å². The summed E-state index contributed by atoms with van der Waals surface area (Å²) in [4.78, 5) is 42.6. The van der Waals surface area contributed by atoms with Crippen molar-refractivity contribution in [3.63, 3.8) is 0 Å². The maximum atomic E-state index is 15.9. The van der Waals surface area contributed by atoms with Crippen LogP contribution in [0.25, 0.3) is 22.3 Å². The van der Waals surface area contributed by atoms with E-state index < -0.39 is 50.3 Å². The van der Waals surface area contributed by atoms with Crippen molar-refractivity contribution in [1.82, 2.24) is 34.1 Å². The van der Waals surface area contributed by atoms with Crippen LogP contribution in [-0.4, -0.2) is 70.5 Å². The number of fused-ring (bicyclic) bond motifs is 6. The van der Waals surface area contributed by atoms with E-state index in [1.807, 2.05) is 0 Å². The van der Waals surface area contributed by atoms with Crippen LogP contribution >= 0.6 is 37.4 Å². The summed E-state index contributed by atoms with van der Waals surface area (Å²) in [6.45, 7) is -7.56. The van der Waals surface area contributed by atoms with Crippen molar-refractivity contribution in [2.24, 2.45) is 0 Å². The second kappa shape index (κ2) is 11.0. The first-order valence-electron chi connectivity index (χ1n) is 11.9. The van der Waals surface area contributed by atoms with E-state index in [9.17, 15) is 14.3 Å². The van der Waals surface area contributed by atoms with E-state index in [4.69, 9.17) is 46.2 Å². The monoisotopic (exact) mass is 667 g/mol. The van der Waals surface area contributed by atoms with Crippen molar-refractivity contribution >= 4 is 71.5 Å². The number of ether oxygens (including phenoxy) is 1. The minimum atomic E-state index is -4.29. The highest BCUT2D eigenvalue weighted by molar-refractivity contribution is 8.44. The molecule has 2 N–H and O–H groups in total. The van der Waals surface area contributed by atoms with Crippen LogP contribution in [0.3, 0.4) is 0 Å². The van der Waals surface area contributed by atoms with Crippen molar-refractivity contribution in [2.45, 2.75) is 44.7 Å². The summed E-state index contributed by atoms with van der Waals surface area (Å²) in [7, 11) is 0. The Labute approximate surface area is 245 Å². The van der Waals surface area contributed by atoms with Gasteiger partial charge in [-0.2, -0.15) is 0 Å². The third-order valence-electron chi connectivity index (χ3n) is 6.30. The Hall–Kier alpha value is -1.82. The average Bonchev–Trinajstić information content (AvgIpc) is 3.55. The largest absolute Gasteiger partial charge is 0.387 e. The molecule has 0 radical (unpaired) electrons. The Morgan fingerprint density at radius 2 is 2.07 bits per heavy atom. The molecule has 2 bridgehead atoms. The molecule has 6 atom stereocenters. The lowest BCUT2D eigenvalue weighted by Crippen LogP contribution is -2.32. The van der Waals surface area contributed by atoms with Crippen LogP contribution in [0.15, 0.2) is 23.4 Å². The number of hydrogen-bond donors (Lipinski definition) is 3. The molecule has 0 aliphatic carbocycles. The summed E-state index contributed by atoms with van der Waals surface area (Å²) >= 11 is 15.2. The summed E-state index contributed by atoms with van der Waals surface area (Å²) < 4.78 is 60.0. The number of pyridine rings is 1. The molecule has 4 aromatic heterocycles. The van der Waals surface area contributed by atoms with Gasteiger partial charge in [0, 0.05) is 12.7 Å². The molecule has 21 heteroatoms.